The largest absolute Gasteiger partial charge is 0.438 e. The first-order chi connectivity index (χ1) is 11.6. The van der Waals surface area contributed by atoms with Gasteiger partial charge in [0, 0.05) is 18.2 Å². The predicted molar refractivity (Wildman–Crippen MR) is 90.8 cm³/mol. The number of benzene rings is 1. The summed E-state index contributed by atoms with van der Waals surface area (Å²) < 4.78 is 19.8. The summed E-state index contributed by atoms with van der Waals surface area (Å²) in [7, 11) is 0. The maximum atomic E-state index is 12.4. The normalized spacial score (nSPS) is 11.2. The number of rotatable bonds is 7. The van der Waals surface area contributed by atoms with Gasteiger partial charge in [0.1, 0.15) is 5.76 Å². The van der Waals surface area contributed by atoms with E-state index in [1.807, 2.05) is 13.0 Å². The average Bonchev–Trinajstić information content (AvgIpc) is 3.01. The van der Waals surface area contributed by atoms with E-state index in [-0.39, 0.29) is 12.1 Å². The third-order valence-corrected chi connectivity index (χ3v) is 3.35. The molecule has 1 heterocycles. The van der Waals surface area contributed by atoms with Crippen LogP contribution in [0.1, 0.15) is 25.8 Å². The summed E-state index contributed by atoms with van der Waals surface area (Å²) in [6.07, 6.45) is 1.76. The first kappa shape index (κ1) is 17.4. The summed E-state index contributed by atoms with van der Waals surface area (Å²) in [5, 5.41) is 21.2. The fourth-order valence-corrected chi connectivity index (χ4v) is 2.17. The number of nitrogens with zero attached hydrogens (tertiary/aromatic N) is 3. The Morgan fingerprint density at radius 2 is 2.25 bits per heavy atom. The van der Waals surface area contributed by atoms with Crippen molar-refractivity contribution in [3.8, 4) is 23.2 Å². The minimum absolute atomic E-state index is 0.197. The Labute approximate surface area is 140 Å². The number of nitrogens with one attached hydrogen (secondary N) is 1. The van der Waals surface area contributed by atoms with Gasteiger partial charge in [0.2, 0.25) is 5.88 Å². The number of halogens is 1. The van der Waals surface area contributed by atoms with Crippen LogP contribution in [0.2, 0.25) is 0 Å². The zero-order valence-electron chi connectivity index (χ0n) is 13.7. The molecule has 0 amide bonds. The molecule has 0 spiro atoms. The van der Waals surface area contributed by atoms with Gasteiger partial charge < -0.3 is 10.1 Å². The summed E-state index contributed by atoms with van der Waals surface area (Å²) in [5.74, 6) is 0.797. The molecule has 1 aromatic carbocycles. The van der Waals surface area contributed by atoms with Gasteiger partial charge in [-0.2, -0.15) is 10.4 Å². The van der Waals surface area contributed by atoms with Crippen LogP contribution in [0.4, 0.5) is 4.39 Å². The molecule has 0 radical (unpaired) electrons. The van der Waals surface area contributed by atoms with Crippen molar-refractivity contribution in [1.29, 1.82) is 10.7 Å². The number of hydrogen-bond donors (Lipinski definition) is 1. The van der Waals surface area contributed by atoms with Gasteiger partial charge in [-0.3, -0.25) is 4.39 Å². The van der Waals surface area contributed by atoms with Crippen LogP contribution in [0.3, 0.4) is 0 Å². The second-order valence-electron chi connectivity index (χ2n) is 5.15. The van der Waals surface area contributed by atoms with E-state index in [0.29, 0.717) is 29.4 Å². The van der Waals surface area contributed by atoms with Crippen LogP contribution in [0.5, 0.6) is 5.88 Å². The van der Waals surface area contributed by atoms with Gasteiger partial charge in [-0.1, -0.05) is 12.1 Å². The molecular formula is C18H19FN4O. The van der Waals surface area contributed by atoms with Crippen molar-refractivity contribution in [1.82, 2.24) is 9.78 Å². The van der Waals surface area contributed by atoms with E-state index in [1.165, 1.54) is 0 Å². The highest BCUT2D eigenvalue weighted by Crippen LogP contribution is 2.25. The molecular weight excluding hydrogens is 307 g/mol. The van der Waals surface area contributed by atoms with E-state index >= 15 is 0 Å². The summed E-state index contributed by atoms with van der Waals surface area (Å²) in [6.45, 7) is 3.60. The lowest BCUT2D eigenvalue weighted by molar-refractivity contribution is 0.390. The second kappa shape index (κ2) is 8.06. The molecule has 5 nitrogen and oxygen atoms in total. The van der Waals surface area contributed by atoms with Gasteiger partial charge in [-0.25, -0.2) is 4.68 Å². The van der Waals surface area contributed by atoms with Crippen molar-refractivity contribution in [3.05, 3.63) is 47.7 Å². The van der Waals surface area contributed by atoms with E-state index in [1.54, 1.807) is 41.9 Å². The zero-order valence-corrected chi connectivity index (χ0v) is 13.7. The summed E-state index contributed by atoms with van der Waals surface area (Å²) in [4.78, 5) is 0. The van der Waals surface area contributed by atoms with Crippen molar-refractivity contribution >= 4 is 5.71 Å². The molecule has 1 aromatic heterocycles. The molecule has 2 rings (SSSR count). The topological polar surface area (TPSA) is 74.7 Å². The Hall–Kier alpha value is -2.94. The van der Waals surface area contributed by atoms with Gasteiger partial charge in [0.25, 0.3) is 0 Å². The number of nitriles is 1. The Kier molecular flexibility index (Phi) is 5.85. The van der Waals surface area contributed by atoms with E-state index in [0.717, 1.165) is 5.56 Å². The number of ether oxygens (including phenoxy) is 1. The number of aryl methyl sites for hydroxylation is 1. The van der Waals surface area contributed by atoms with E-state index in [9.17, 15) is 4.39 Å². The minimum Gasteiger partial charge on any atom is -0.438 e. The Balaban J connectivity index is 2.36. The van der Waals surface area contributed by atoms with Crippen molar-refractivity contribution < 1.29 is 9.13 Å². The first-order valence-corrected chi connectivity index (χ1v) is 7.67. The van der Waals surface area contributed by atoms with Crippen LogP contribution in [0, 0.1) is 16.7 Å². The molecule has 124 valence electrons. The van der Waals surface area contributed by atoms with Crippen LogP contribution >= 0.6 is 0 Å². The molecule has 24 heavy (non-hydrogen) atoms. The molecule has 0 atom stereocenters. The molecule has 0 aliphatic heterocycles. The molecule has 0 unspecified atom stereocenters. The number of alkyl halides is 1. The molecule has 2 aromatic rings. The standard InChI is InChI=1S/C18H19FN4O/c1-3-23-18(24-17(13(2)21)8-5-9-19)11-16(22-23)15-7-4-6-14(10-15)12-20/h4,6-8,10-11,21H,3,5,9H2,1-2H3/b17-8+,21-13?. The van der Waals surface area contributed by atoms with E-state index in [2.05, 4.69) is 11.2 Å². The molecule has 0 bridgehead atoms. The Morgan fingerprint density at radius 1 is 1.46 bits per heavy atom. The Bertz CT molecular complexity index is 802. The molecule has 0 saturated heterocycles. The lowest BCUT2D eigenvalue weighted by Gasteiger charge is -2.09. The van der Waals surface area contributed by atoms with Gasteiger partial charge in [0.15, 0.2) is 0 Å². The Morgan fingerprint density at radius 3 is 2.88 bits per heavy atom. The maximum absolute atomic E-state index is 12.4. The van der Waals surface area contributed by atoms with Crippen LogP contribution in [-0.2, 0) is 6.54 Å². The van der Waals surface area contributed by atoms with Crippen LogP contribution < -0.4 is 4.74 Å². The van der Waals surface area contributed by atoms with Gasteiger partial charge in [-0.15, -0.1) is 0 Å². The molecule has 0 saturated carbocycles. The predicted octanol–water partition coefficient (Wildman–Crippen LogP) is 4.10. The first-order valence-electron chi connectivity index (χ1n) is 7.67. The average molecular weight is 326 g/mol. The molecule has 0 aliphatic carbocycles. The monoisotopic (exact) mass is 326 g/mol. The molecule has 1 N–H and O–H groups in total. The van der Waals surface area contributed by atoms with Gasteiger partial charge in [0.05, 0.1) is 29.7 Å². The summed E-state index contributed by atoms with van der Waals surface area (Å²) in [5.41, 5.74) is 2.27. The molecule has 6 heteroatoms. The third kappa shape index (κ3) is 4.07. The minimum atomic E-state index is -0.501. The van der Waals surface area contributed by atoms with Crippen LogP contribution in [-0.4, -0.2) is 22.2 Å². The highest BCUT2D eigenvalue weighted by atomic mass is 19.1. The van der Waals surface area contributed by atoms with Crippen molar-refractivity contribution in [2.45, 2.75) is 26.8 Å². The highest BCUT2D eigenvalue weighted by Gasteiger charge is 2.13. The van der Waals surface area contributed by atoms with Gasteiger partial charge in [-0.05, 0) is 38.5 Å². The van der Waals surface area contributed by atoms with E-state index in [4.69, 9.17) is 15.4 Å². The second-order valence-corrected chi connectivity index (χ2v) is 5.15. The lowest BCUT2D eigenvalue weighted by atomic mass is 10.1. The quantitative estimate of drug-likeness (QED) is 0.615. The maximum Gasteiger partial charge on any atom is 0.218 e. The SMILES string of the molecule is CCn1nc(-c2cccc(C#N)c2)cc1O/C(=C/CCF)C(C)=N. The van der Waals surface area contributed by atoms with E-state index < -0.39 is 6.67 Å². The van der Waals surface area contributed by atoms with Crippen LogP contribution in [0.15, 0.2) is 42.2 Å². The number of aromatic nitrogens is 2. The van der Waals surface area contributed by atoms with Crippen molar-refractivity contribution in [3.63, 3.8) is 0 Å². The van der Waals surface area contributed by atoms with Crippen molar-refractivity contribution in [2.24, 2.45) is 0 Å². The summed E-state index contributed by atoms with van der Waals surface area (Å²) in [6, 6.07) is 11.0. The highest BCUT2D eigenvalue weighted by molar-refractivity contribution is 5.94. The van der Waals surface area contributed by atoms with Gasteiger partial charge >= 0.3 is 0 Å². The summed E-state index contributed by atoms with van der Waals surface area (Å²) >= 11 is 0. The number of hydrogen-bond acceptors (Lipinski definition) is 4. The number of allylic oxidation sites excluding steroid dienone is 2. The zero-order chi connectivity index (χ0) is 17.5. The fraction of sp³-hybridized carbons (Fsp3) is 0.278. The van der Waals surface area contributed by atoms with Crippen molar-refractivity contribution in [2.75, 3.05) is 6.67 Å². The lowest BCUT2D eigenvalue weighted by Crippen LogP contribution is -2.08. The van der Waals surface area contributed by atoms with Crippen LogP contribution in [0.25, 0.3) is 11.3 Å². The fourth-order valence-electron chi connectivity index (χ4n) is 2.17. The molecule has 0 aliphatic rings. The third-order valence-electron chi connectivity index (χ3n) is 3.35. The smallest absolute Gasteiger partial charge is 0.218 e. The molecule has 0 fully saturated rings.